The lowest BCUT2D eigenvalue weighted by atomic mass is 9.80. The molecule has 3 heterocycles. The summed E-state index contributed by atoms with van der Waals surface area (Å²) in [7, 11) is 0. The van der Waals surface area contributed by atoms with Crippen LogP contribution < -0.4 is 0 Å². The summed E-state index contributed by atoms with van der Waals surface area (Å²) in [6.45, 7) is 0. The molecule has 2 fully saturated rings. The molecule has 3 aromatic heterocycles. The molecule has 6 aromatic rings. The fourth-order valence-corrected chi connectivity index (χ4v) is 8.36. The quantitative estimate of drug-likeness (QED) is 0.191. The molecular formula is C45H46F3N3O2. The summed E-state index contributed by atoms with van der Waals surface area (Å²) in [4.78, 5) is 12.8. The fraction of sp³-hybridized carbons (Fsp3) is 0.356. The second kappa shape index (κ2) is 17.0. The van der Waals surface area contributed by atoms with Gasteiger partial charge in [-0.15, -0.1) is 0 Å². The van der Waals surface area contributed by atoms with Crippen LogP contribution in [-0.4, -0.2) is 37.4 Å². The highest BCUT2D eigenvalue weighted by molar-refractivity contribution is 5.91. The molecule has 0 saturated heterocycles. The highest BCUT2D eigenvalue weighted by atomic mass is 19.1. The summed E-state index contributed by atoms with van der Waals surface area (Å²) in [5, 5.41) is 22.9. The van der Waals surface area contributed by atoms with E-state index in [0.717, 1.165) is 114 Å². The second-order valence-corrected chi connectivity index (χ2v) is 14.5. The molecule has 2 saturated carbocycles. The van der Waals surface area contributed by atoms with Crippen molar-refractivity contribution in [3.05, 3.63) is 132 Å². The number of aliphatic hydroxyl groups excluding tert-OH is 2. The highest BCUT2D eigenvalue weighted by Crippen LogP contribution is 2.38. The Morgan fingerprint density at radius 1 is 0.491 bits per heavy atom. The number of nitrogens with zero attached hydrogens (tertiary/aromatic N) is 3. The zero-order valence-electron chi connectivity index (χ0n) is 29.9. The summed E-state index contributed by atoms with van der Waals surface area (Å²) < 4.78 is 40.1. The van der Waals surface area contributed by atoms with Gasteiger partial charge in [0.25, 0.3) is 0 Å². The normalized spacial score (nSPS) is 21.6. The van der Waals surface area contributed by atoms with Gasteiger partial charge in [0.15, 0.2) is 0 Å². The molecular weight excluding hydrogens is 672 g/mol. The molecule has 3 aliphatic rings. The van der Waals surface area contributed by atoms with Crippen molar-refractivity contribution >= 4 is 38.3 Å². The van der Waals surface area contributed by atoms with Crippen LogP contribution in [0.5, 0.6) is 0 Å². The lowest BCUT2D eigenvalue weighted by molar-refractivity contribution is 0.106. The number of fused-ring (bicyclic) bond motifs is 3. The molecule has 3 aromatic carbocycles. The molecule has 8 heteroatoms. The van der Waals surface area contributed by atoms with Gasteiger partial charge in [0.1, 0.15) is 17.5 Å². The molecule has 0 bridgehead atoms. The molecule has 2 N–H and O–H groups in total. The second-order valence-electron chi connectivity index (χ2n) is 14.5. The maximum Gasteiger partial charge on any atom is 0.123 e. The van der Waals surface area contributed by atoms with Gasteiger partial charge >= 0.3 is 0 Å². The predicted octanol–water partition coefficient (Wildman–Crippen LogP) is 11.1. The third-order valence-corrected chi connectivity index (χ3v) is 11.1. The van der Waals surface area contributed by atoms with Crippen LogP contribution in [0.2, 0.25) is 0 Å². The van der Waals surface area contributed by atoms with Crippen LogP contribution in [0.4, 0.5) is 13.2 Å². The molecule has 4 atom stereocenters. The summed E-state index contributed by atoms with van der Waals surface area (Å²) in [6, 6.07) is 19.9. The lowest BCUT2D eigenvalue weighted by Gasteiger charge is -2.28. The third-order valence-electron chi connectivity index (χ3n) is 11.1. The third kappa shape index (κ3) is 8.61. The van der Waals surface area contributed by atoms with Crippen molar-refractivity contribution in [3.63, 3.8) is 0 Å². The molecule has 3 aliphatic carbocycles. The van der Waals surface area contributed by atoms with Crippen molar-refractivity contribution in [2.24, 2.45) is 0 Å². The molecule has 0 amide bonds. The fourth-order valence-electron chi connectivity index (χ4n) is 8.36. The molecule has 53 heavy (non-hydrogen) atoms. The lowest BCUT2D eigenvalue weighted by Crippen LogP contribution is -2.22. The van der Waals surface area contributed by atoms with E-state index in [4.69, 9.17) is 0 Å². The average molecular weight is 718 g/mol. The van der Waals surface area contributed by atoms with E-state index in [-0.39, 0.29) is 41.5 Å². The number of hydrogen-bond acceptors (Lipinski definition) is 5. The van der Waals surface area contributed by atoms with Gasteiger partial charge in [0, 0.05) is 46.6 Å². The number of aliphatic hydroxyl groups is 2. The first kappa shape index (κ1) is 36.7. The van der Waals surface area contributed by atoms with Crippen LogP contribution in [0.1, 0.15) is 106 Å². The number of pyridine rings is 3. The van der Waals surface area contributed by atoms with Crippen LogP contribution in [0.25, 0.3) is 38.3 Å². The predicted molar refractivity (Wildman–Crippen MR) is 206 cm³/mol. The number of rotatable bonds is 3. The van der Waals surface area contributed by atoms with E-state index in [1.807, 2.05) is 24.4 Å². The van der Waals surface area contributed by atoms with E-state index in [2.05, 4.69) is 21.0 Å². The number of allylic oxidation sites excluding steroid dienone is 2. The largest absolute Gasteiger partial charge is 0.392 e. The van der Waals surface area contributed by atoms with Gasteiger partial charge in [-0.1, -0.05) is 31.8 Å². The first-order chi connectivity index (χ1) is 25.9. The zero-order valence-corrected chi connectivity index (χ0v) is 29.9. The van der Waals surface area contributed by atoms with Gasteiger partial charge in [-0.3, -0.25) is 15.0 Å². The minimum Gasteiger partial charge on any atom is -0.392 e. The van der Waals surface area contributed by atoms with Crippen LogP contribution >= 0.6 is 0 Å². The van der Waals surface area contributed by atoms with Gasteiger partial charge in [-0.25, -0.2) is 13.2 Å². The Hall–Kier alpha value is -4.66. The number of aromatic nitrogens is 3. The first-order valence-corrected chi connectivity index (χ1v) is 19.0. The molecule has 5 nitrogen and oxygen atoms in total. The topological polar surface area (TPSA) is 79.1 Å². The first-order valence-electron chi connectivity index (χ1n) is 19.0. The highest BCUT2D eigenvalue weighted by Gasteiger charge is 2.27. The van der Waals surface area contributed by atoms with E-state index >= 15 is 0 Å². The van der Waals surface area contributed by atoms with Gasteiger partial charge in [-0.05, 0) is 146 Å². The summed E-state index contributed by atoms with van der Waals surface area (Å²) in [5.41, 5.74) is 7.02. The Bertz CT molecular complexity index is 2120. The average Bonchev–Trinajstić information content (AvgIpc) is 3.18. The molecule has 0 radical (unpaired) electrons. The van der Waals surface area contributed by atoms with Crippen molar-refractivity contribution in [1.29, 1.82) is 0 Å². The van der Waals surface area contributed by atoms with Crippen molar-refractivity contribution < 1.29 is 23.4 Å². The van der Waals surface area contributed by atoms with Crippen LogP contribution in [-0.2, 0) is 0 Å². The number of halogens is 3. The Labute approximate surface area is 308 Å². The number of hydrogen-bond donors (Lipinski definition) is 2. The van der Waals surface area contributed by atoms with Gasteiger partial charge in [0.05, 0.1) is 28.8 Å². The molecule has 0 unspecified atom stereocenters. The van der Waals surface area contributed by atoms with Crippen molar-refractivity contribution in [1.82, 2.24) is 15.0 Å². The van der Waals surface area contributed by atoms with Gasteiger partial charge < -0.3 is 10.2 Å². The van der Waals surface area contributed by atoms with E-state index in [1.54, 1.807) is 36.7 Å². The monoisotopic (exact) mass is 717 g/mol. The van der Waals surface area contributed by atoms with Gasteiger partial charge in [-0.2, -0.15) is 0 Å². The minimum atomic E-state index is -0.312. The summed E-state index contributed by atoms with van der Waals surface area (Å²) in [6.07, 6.45) is 19.7. The Balaban J connectivity index is 0.000000123. The van der Waals surface area contributed by atoms with Crippen LogP contribution in [0, 0.1) is 17.5 Å². The summed E-state index contributed by atoms with van der Waals surface area (Å²) >= 11 is 0. The van der Waals surface area contributed by atoms with Crippen molar-refractivity contribution in [3.8, 4) is 0 Å². The Morgan fingerprint density at radius 3 is 1.42 bits per heavy atom. The smallest absolute Gasteiger partial charge is 0.123 e. The zero-order chi connectivity index (χ0) is 36.7. The summed E-state index contributed by atoms with van der Waals surface area (Å²) in [5.74, 6) is -0.454. The molecule has 274 valence electrons. The van der Waals surface area contributed by atoms with E-state index in [1.165, 1.54) is 48.7 Å². The molecule has 9 rings (SSSR count). The van der Waals surface area contributed by atoms with Crippen molar-refractivity contribution in [2.75, 3.05) is 0 Å². The maximum absolute atomic E-state index is 13.4. The Morgan fingerprint density at radius 2 is 0.943 bits per heavy atom. The maximum atomic E-state index is 13.4. The van der Waals surface area contributed by atoms with Crippen LogP contribution in [0.3, 0.4) is 0 Å². The van der Waals surface area contributed by atoms with Gasteiger partial charge in [0.2, 0.25) is 0 Å². The van der Waals surface area contributed by atoms with Crippen LogP contribution in [0.15, 0.2) is 97.5 Å². The van der Waals surface area contributed by atoms with Crippen molar-refractivity contribution in [2.45, 2.75) is 101 Å². The minimum absolute atomic E-state index is 0.117. The van der Waals surface area contributed by atoms with E-state index in [0.29, 0.717) is 0 Å². The molecule has 0 spiro atoms. The Kier molecular flexibility index (Phi) is 11.8. The van der Waals surface area contributed by atoms with E-state index < -0.39 is 0 Å². The standard InChI is InChI=1S/2C15H16FNO.C15H14FN/c2*16-10-5-6-14-13(9-10)11(7-8-17-14)12-3-1-2-4-15(12)18;16-12-6-7-15-14(10-12)13(8-9-17-15)11-4-2-1-3-5-11/h2*5-9,12,15,18H,1-4H2;4,6-10H,1-3,5H2/t2*12-,15+;/m00./s1. The van der Waals surface area contributed by atoms with E-state index in [9.17, 15) is 23.4 Å². The molecule has 0 aliphatic heterocycles. The SMILES string of the molecule is Fc1ccc2nccc(C3=CCCCC3)c2c1.O[C@@H]1CCCC[C@H]1c1ccnc2ccc(F)cc12.O[C@@H]1CCCC[C@H]1c1ccnc2ccc(F)cc12. The number of benzene rings is 3.